The highest BCUT2D eigenvalue weighted by Crippen LogP contribution is 2.11. The van der Waals surface area contributed by atoms with Gasteiger partial charge in [0, 0.05) is 6.08 Å². The van der Waals surface area contributed by atoms with E-state index in [2.05, 4.69) is 6.07 Å². The molecule has 14 heavy (non-hydrogen) atoms. The number of allylic oxidation sites excluding steroid dienone is 1. The number of hydrogen-bond donors (Lipinski definition) is 0. The molecule has 0 saturated heterocycles. The Kier molecular flexibility index (Phi) is 3.47. The molecule has 1 aromatic carbocycles. The van der Waals surface area contributed by atoms with Crippen LogP contribution in [0.3, 0.4) is 0 Å². The summed E-state index contributed by atoms with van der Waals surface area (Å²) in [6.07, 6.45) is 3.59. The van der Waals surface area contributed by atoms with Crippen molar-refractivity contribution >= 4 is 6.08 Å². The molecule has 0 fully saturated rings. The molecule has 68 valence electrons. The van der Waals surface area contributed by atoms with E-state index in [1.54, 1.807) is 6.08 Å². The molecule has 0 bridgehead atoms. The lowest BCUT2D eigenvalue weighted by molar-refractivity contribution is 1.24. The molecule has 1 rings (SSSR count). The Hall–Kier alpha value is -2.06. The number of benzene rings is 1. The molecule has 0 spiro atoms. The Morgan fingerprint density at radius 1 is 1.29 bits per heavy atom. The van der Waals surface area contributed by atoms with E-state index >= 15 is 0 Å². The number of nitrogens with zero attached hydrogens (tertiary/aromatic N) is 2. The molecule has 0 amide bonds. The topological polar surface area (TPSA) is 47.6 Å². The largest absolute Gasteiger partial charge is 0.198 e. The molecule has 0 aromatic heterocycles. The van der Waals surface area contributed by atoms with Crippen molar-refractivity contribution in [3.05, 3.63) is 41.0 Å². The Morgan fingerprint density at radius 3 is 2.71 bits per heavy atom. The van der Waals surface area contributed by atoms with Gasteiger partial charge in [0.05, 0.1) is 18.6 Å². The average Bonchev–Trinajstić information content (AvgIpc) is 2.14. The van der Waals surface area contributed by atoms with Crippen molar-refractivity contribution in [2.24, 2.45) is 0 Å². The summed E-state index contributed by atoms with van der Waals surface area (Å²) in [5.74, 6) is 0. The maximum absolute atomic E-state index is 8.56. The van der Waals surface area contributed by atoms with Gasteiger partial charge < -0.3 is 0 Å². The van der Waals surface area contributed by atoms with Crippen LogP contribution in [0, 0.1) is 29.6 Å². The second-order valence-corrected chi connectivity index (χ2v) is 3.05. The van der Waals surface area contributed by atoms with Crippen molar-refractivity contribution in [3.63, 3.8) is 0 Å². The molecule has 0 atom stereocenters. The fraction of sp³-hybridized carbons (Fsp3) is 0.167. The highest BCUT2D eigenvalue weighted by molar-refractivity contribution is 5.54. The smallest absolute Gasteiger partial charge is 0.0912 e. The minimum Gasteiger partial charge on any atom is -0.198 e. The maximum atomic E-state index is 8.56. The second kappa shape index (κ2) is 4.84. The standard InChI is InChI=1S/C12H10N2/c1-10-7-11(3-2-5-13)9-12(8-10)4-6-14/h2-3,7-9H,4H2,1H3/b3-2+. The Balaban J connectivity index is 3.03. The average molecular weight is 182 g/mol. The monoisotopic (exact) mass is 182 g/mol. The molecule has 0 radical (unpaired) electrons. The highest BCUT2D eigenvalue weighted by atomic mass is 14.2. The lowest BCUT2D eigenvalue weighted by Gasteiger charge is -2.00. The van der Waals surface area contributed by atoms with Gasteiger partial charge in [-0.25, -0.2) is 0 Å². The molecule has 0 saturated carbocycles. The van der Waals surface area contributed by atoms with Gasteiger partial charge in [-0.1, -0.05) is 23.8 Å². The van der Waals surface area contributed by atoms with Gasteiger partial charge in [-0.15, -0.1) is 0 Å². The lowest BCUT2D eigenvalue weighted by atomic mass is 10.0. The van der Waals surface area contributed by atoms with E-state index in [0.717, 1.165) is 16.7 Å². The summed E-state index contributed by atoms with van der Waals surface area (Å²) in [5.41, 5.74) is 3.07. The summed E-state index contributed by atoms with van der Waals surface area (Å²) in [4.78, 5) is 0. The Labute approximate surface area is 83.7 Å². The zero-order valence-electron chi connectivity index (χ0n) is 7.99. The van der Waals surface area contributed by atoms with Crippen molar-refractivity contribution in [3.8, 4) is 12.1 Å². The molecule has 0 aliphatic carbocycles. The molecule has 0 unspecified atom stereocenters. The molecule has 2 heteroatoms. The summed E-state index contributed by atoms with van der Waals surface area (Å²) in [6, 6.07) is 9.93. The zero-order valence-corrected chi connectivity index (χ0v) is 7.99. The Morgan fingerprint density at radius 2 is 2.07 bits per heavy atom. The highest BCUT2D eigenvalue weighted by Gasteiger charge is 1.95. The van der Waals surface area contributed by atoms with Gasteiger partial charge in [0.25, 0.3) is 0 Å². The van der Waals surface area contributed by atoms with E-state index in [4.69, 9.17) is 10.5 Å². The number of rotatable bonds is 2. The van der Waals surface area contributed by atoms with Crippen LogP contribution in [0.15, 0.2) is 24.3 Å². The van der Waals surface area contributed by atoms with Crippen LogP contribution in [0.2, 0.25) is 0 Å². The minimum absolute atomic E-state index is 0.412. The molecule has 0 N–H and O–H groups in total. The molecule has 0 aliphatic heterocycles. The van der Waals surface area contributed by atoms with Crippen LogP contribution >= 0.6 is 0 Å². The van der Waals surface area contributed by atoms with Crippen LogP contribution in [0.1, 0.15) is 16.7 Å². The van der Waals surface area contributed by atoms with Crippen molar-refractivity contribution in [2.75, 3.05) is 0 Å². The summed E-state index contributed by atoms with van der Waals surface area (Å²) in [7, 11) is 0. The van der Waals surface area contributed by atoms with Gasteiger partial charge in [0.15, 0.2) is 0 Å². The van der Waals surface area contributed by atoms with Crippen LogP contribution in [-0.2, 0) is 6.42 Å². The lowest BCUT2D eigenvalue weighted by Crippen LogP contribution is -1.85. The van der Waals surface area contributed by atoms with Crippen molar-refractivity contribution < 1.29 is 0 Å². The predicted octanol–water partition coefficient (Wildman–Crippen LogP) is 2.60. The van der Waals surface area contributed by atoms with E-state index in [-0.39, 0.29) is 0 Å². The van der Waals surface area contributed by atoms with Crippen molar-refractivity contribution in [1.82, 2.24) is 0 Å². The SMILES string of the molecule is Cc1cc(/C=C/C#N)cc(CC#N)c1. The summed E-state index contributed by atoms with van der Waals surface area (Å²) < 4.78 is 0. The van der Waals surface area contributed by atoms with Crippen LogP contribution in [0.4, 0.5) is 0 Å². The van der Waals surface area contributed by atoms with Gasteiger partial charge in [0.2, 0.25) is 0 Å². The first kappa shape index (κ1) is 10.0. The van der Waals surface area contributed by atoms with Crippen LogP contribution in [0.5, 0.6) is 0 Å². The zero-order chi connectivity index (χ0) is 10.4. The first-order valence-electron chi connectivity index (χ1n) is 4.30. The third-order valence-corrected chi connectivity index (χ3v) is 1.79. The first-order chi connectivity index (χ1) is 6.76. The molecular formula is C12H10N2. The summed E-state index contributed by atoms with van der Waals surface area (Å²) in [6.45, 7) is 1.98. The second-order valence-electron chi connectivity index (χ2n) is 3.05. The normalized spacial score (nSPS) is 9.64. The van der Waals surface area contributed by atoms with Gasteiger partial charge in [-0.2, -0.15) is 10.5 Å². The third kappa shape index (κ3) is 2.77. The quantitative estimate of drug-likeness (QED) is 0.660. The van der Waals surface area contributed by atoms with E-state index in [9.17, 15) is 0 Å². The van der Waals surface area contributed by atoms with E-state index in [0.29, 0.717) is 6.42 Å². The van der Waals surface area contributed by atoms with Gasteiger partial charge in [0.1, 0.15) is 0 Å². The van der Waals surface area contributed by atoms with Crippen LogP contribution in [0.25, 0.3) is 6.08 Å². The molecule has 0 aliphatic rings. The van der Waals surface area contributed by atoms with Crippen LogP contribution in [-0.4, -0.2) is 0 Å². The third-order valence-electron chi connectivity index (χ3n) is 1.79. The number of nitriles is 2. The minimum atomic E-state index is 0.412. The van der Waals surface area contributed by atoms with Crippen LogP contribution < -0.4 is 0 Å². The van der Waals surface area contributed by atoms with Gasteiger partial charge in [-0.3, -0.25) is 0 Å². The maximum Gasteiger partial charge on any atom is 0.0912 e. The Bertz CT molecular complexity index is 431. The van der Waals surface area contributed by atoms with Crippen molar-refractivity contribution in [1.29, 1.82) is 10.5 Å². The summed E-state index contributed by atoms with van der Waals surface area (Å²) >= 11 is 0. The molecule has 1 aromatic rings. The van der Waals surface area contributed by atoms with Crippen molar-refractivity contribution in [2.45, 2.75) is 13.3 Å². The number of hydrogen-bond acceptors (Lipinski definition) is 2. The fourth-order valence-electron chi connectivity index (χ4n) is 1.32. The number of aryl methyl sites for hydroxylation is 1. The van der Waals surface area contributed by atoms with Gasteiger partial charge in [-0.05, 0) is 24.1 Å². The predicted molar refractivity (Wildman–Crippen MR) is 55.1 cm³/mol. The van der Waals surface area contributed by atoms with E-state index < -0.39 is 0 Å². The summed E-state index contributed by atoms with van der Waals surface area (Å²) in [5, 5.41) is 16.9. The molecule has 2 nitrogen and oxygen atoms in total. The van der Waals surface area contributed by atoms with E-state index in [1.165, 1.54) is 6.08 Å². The molecule has 0 heterocycles. The first-order valence-corrected chi connectivity index (χ1v) is 4.30. The fourth-order valence-corrected chi connectivity index (χ4v) is 1.32. The molecular weight excluding hydrogens is 172 g/mol. The van der Waals surface area contributed by atoms with E-state index in [1.807, 2.05) is 31.2 Å². The van der Waals surface area contributed by atoms with Gasteiger partial charge >= 0.3 is 0 Å².